The molecule has 0 radical (unpaired) electrons. The Hall–Kier alpha value is -3.23. The third-order valence-corrected chi connectivity index (χ3v) is 11.7. The average Bonchev–Trinajstić information content (AvgIpc) is 3.54. The van der Waals surface area contributed by atoms with Crippen LogP contribution in [0.1, 0.15) is 113 Å². The van der Waals surface area contributed by atoms with E-state index < -0.39 is 11.7 Å². The number of amides is 1. The highest BCUT2D eigenvalue weighted by atomic mass is 16.3. The summed E-state index contributed by atoms with van der Waals surface area (Å²) in [4.78, 5) is 36.6. The molecule has 0 bridgehead atoms. The second-order valence-corrected chi connectivity index (χ2v) is 14.2. The molecule has 1 atom stereocenters. The van der Waals surface area contributed by atoms with Crippen LogP contribution in [0.15, 0.2) is 34.1 Å². The van der Waals surface area contributed by atoms with Crippen molar-refractivity contribution in [1.82, 2.24) is 14.5 Å². The maximum absolute atomic E-state index is 14.4. The summed E-state index contributed by atoms with van der Waals surface area (Å²) in [5, 5.41) is 11.3. The Morgan fingerprint density at radius 1 is 1.00 bits per heavy atom. The second kappa shape index (κ2) is 13.4. The van der Waals surface area contributed by atoms with Crippen LogP contribution in [0, 0.1) is 17.8 Å². The summed E-state index contributed by atoms with van der Waals surface area (Å²) in [7, 11) is 0. The van der Waals surface area contributed by atoms with Gasteiger partial charge in [0, 0.05) is 19.6 Å². The van der Waals surface area contributed by atoms with Crippen molar-refractivity contribution >= 4 is 11.9 Å². The molecule has 1 saturated heterocycles. The molecule has 0 unspecified atom stereocenters. The normalized spacial score (nSPS) is 24.2. The van der Waals surface area contributed by atoms with Crippen LogP contribution in [0.4, 0.5) is 0 Å². The number of nitrogens with zero attached hydrogens (tertiary/aromatic N) is 3. The summed E-state index contributed by atoms with van der Waals surface area (Å²) < 4.78 is 1.36. The minimum absolute atomic E-state index is 0.0218. The maximum atomic E-state index is 14.4. The van der Waals surface area contributed by atoms with E-state index in [0.29, 0.717) is 50.5 Å². The van der Waals surface area contributed by atoms with Gasteiger partial charge in [0.25, 0.3) is 0 Å². The predicted molar refractivity (Wildman–Crippen MR) is 174 cm³/mol. The summed E-state index contributed by atoms with van der Waals surface area (Å²) in [5.74, 6) is 1.91. The number of H-pyrrole nitrogens is 1. The average molecular weight is 605 g/mol. The van der Waals surface area contributed by atoms with E-state index in [0.717, 1.165) is 50.4 Å². The molecule has 9 nitrogen and oxygen atoms in total. The first-order valence-electron chi connectivity index (χ1n) is 17.3. The van der Waals surface area contributed by atoms with Gasteiger partial charge in [-0.1, -0.05) is 69.2 Å². The number of aromatic nitrogens is 2. The number of fused-ring (bicyclic) bond motifs is 2. The molecule has 1 aliphatic heterocycles. The van der Waals surface area contributed by atoms with E-state index in [4.69, 9.17) is 11.5 Å². The largest absolute Gasteiger partial charge is 0.493 e. The molecular weight excluding hydrogens is 552 g/mol. The summed E-state index contributed by atoms with van der Waals surface area (Å²) in [6, 6.07) is 8.08. The fourth-order valence-electron chi connectivity index (χ4n) is 9.20. The molecule has 2 heterocycles. The van der Waals surface area contributed by atoms with E-state index in [1.54, 1.807) is 0 Å². The number of guanidine groups is 1. The van der Waals surface area contributed by atoms with Crippen LogP contribution in [0.5, 0.6) is 5.88 Å². The van der Waals surface area contributed by atoms with Gasteiger partial charge < -0.3 is 26.5 Å². The third-order valence-electron chi connectivity index (χ3n) is 11.7. The van der Waals surface area contributed by atoms with Gasteiger partial charge in [0.2, 0.25) is 11.8 Å². The molecule has 3 aliphatic carbocycles. The molecule has 240 valence electrons. The highest BCUT2D eigenvalue weighted by molar-refractivity contribution is 5.81. The zero-order valence-corrected chi connectivity index (χ0v) is 26.3. The molecule has 1 aromatic heterocycles. The molecule has 1 aromatic carbocycles. The number of rotatable bonds is 9. The van der Waals surface area contributed by atoms with Gasteiger partial charge in [-0.15, -0.1) is 0 Å². The van der Waals surface area contributed by atoms with E-state index in [2.05, 4.69) is 34.2 Å². The Morgan fingerprint density at radius 3 is 2.43 bits per heavy atom. The smallest absolute Gasteiger partial charge is 0.329 e. The lowest BCUT2D eigenvalue weighted by atomic mass is 9.70. The molecule has 1 spiro atoms. The first-order valence-corrected chi connectivity index (χ1v) is 17.3. The molecule has 2 aromatic rings. The van der Waals surface area contributed by atoms with Gasteiger partial charge in [-0.3, -0.25) is 14.4 Å². The number of carbonyl (C=O) groups excluding carboxylic acids is 1. The number of aliphatic imine (C=N–C) groups is 1. The van der Waals surface area contributed by atoms with Crippen molar-refractivity contribution in [3.63, 3.8) is 0 Å². The van der Waals surface area contributed by atoms with Crippen molar-refractivity contribution in [2.75, 3.05) is 19.6 Å². The number of aromatic hydroxyl groups is 1. The van der Waals surface area contributed by atoms with Gasteiger partial charge in [-0.2, -0.15) is 0 Å². The van der Waals surface area contributed by atoms with Crippen LogP contribution in [0.3, 0.4) is 0 Å². The van der Waals surface area contributed by atoms with Crippen molar-refractivity contribution in [1.29, 1.82) is 0 Å². The number of nitrogens with two attached hydrogens (primary N) is 2. The number of piperidine rings is 1. The summed E-state index contributed by atoms with van der Waals surface area (Å²) in [6.07, 6.45) is 17.2. The van der Waals surface area contributed by atoms with Crippen molar-refractivity contribution in [2.45, 2.75) is 114 Å². The van der Waals surface area contributed by atoms with Gasteiger partial charge in [0.05, 0.1) is 5.69 Å². The Labute approximate surface area is 261 Å². The molecule has 6 rings (SSSR count). The Bertz CT molecular complexity index is 1370. The Kier molecular flexibility index (Phi) is 9.38. The molecule has 6 N–H and O–H groups in total. The van der Waals surface area contributed by atoms with Crippen LogP contribution < -0.4 is 17.2 Å². The van der Waals surface area contributed by atoms with Crippen LogP contribution in [-0.4, -0.2) is 51.1 Å². The lowest BCUT2D eigenvalue weighted by molar-refractivity contribution is -0.137. The molecular formula is C35H52N6O3. The standard InChI is InChI=1S/C35H52N6O3/c36-33(37)38-20-6-11-29-31(42)41(34(44)39-29)30(23-24-12-14-26(15-13-24)25-7-2-1-3-8-25)32(43)40-21-18-35(19-22-40)17-16-27-9-4-5-10-28(27)35/h4-5,9-10,24-26,30,42H,1-3,6-8,11-23H2,(H,39,44)(H4,36,37,38)/t24?,26?,30-/m1/s1. The molecule has 44 heavy (non-hydrogen) atoms. The molecule has 4 aliphatic rings. The van der Waals surface area contributed by atoms with Crippen LogP contribution in [0.25, 0.3) is 0 Å². The Morgan fingerprint density at radius 2 is 1.70 bits per heavy atom. The SMILES string of the molecule is NC(N)=NCCCc1[nH]c(=O)n([C@H](CC2CCC(C3CCCCC3)CC2)C(=O)N2CCC3(CCc4ccccc43)CC2)c1O. The molecule has 9 heteroatoms. The fraction of sp³-hybridized carbons (Fsp3) is 0.686. The van der Waals surface area contributed by atoms with Crippen molar-refractivity contribution < 1.29 is 9.90 Å². The van der Waals surface area contributed by atoms with Crippen molar-refractivity contribution in [2.24, 2.45) is 34.2 Å². The number of likely N-dealkylation sites (tertiary alicyclic amines) is 1. The highest BCUT2D eigenvalue weighted by Crippen LogP contribution is 2.47. The minimum Gasteiger partial charge on any atom is -0.493 e. The predicted octanol–water partition coefficient (Wildman–Crippen LogP) is 4.91. The lowest BCUT2D eigenvalue weighted by Crippen LogP contribution is -2.48. The Balaban J connectivity index is 1.18. The number of nitrogens with one attached hydrogen (secondary N) is 1. The number of imidazole rings is 1. The molecule has 3 fully saturated rings. The zero-order valence-electron chi connectivity index (χ0n) is 26.3. The first-order chi connectivity index (χ1) is 21.3. The van der Waals surface area contributed by atoms with E-state index >= 15 is 0 Å². The lowest BCUT2D eigenvalue weighted by Gasteiger charge is -2.42. The van der Waals surface area contributed by atoms with Crippen LogP contribution >= 0.6 is 0 Å². The monoisotopic (exact) mass is 604 g/mol. The van der Waals surface area contributed by atoms with Crippen LogP contribution in [-0.2, 0) is 23.1 Å². The summed E-state index contributed by atoms with van der Waals surface area (Å²) in [5.41, 5.74) is 14.0. The minimum atomic E-state index is -0.702. The number of hydrogen-bond acceptors (Lipinski definition) is 4. The zero-order chi connectivity index (χ0) is 30.7. The van der Waals surface area contributed by atoms with Gasteiger partial charge >= 0.3 is 5.69 Å². The van der Waals surface area contributed by atoms with Gasteiger partial charge in [0.1, 0.15) is 6.04 Å². The summed E-state index contributed by atoms with van der Waals surface area (Å²) >= 11 is 0. The maximum Gasteiger partial charge on any atom is 0.329 e. The van der Waals surface area contributed by atoms with Crippen molar-refractivity contribution in [3.05, 3.63) is 51.6 Å². The quantitative estimate of drug-likeness (QED) is 0.183. The van der Waals surface area contributed by atoms with Crippen LogP contribution in [0.2, 0.25) is 0 Å². The van der Waals surface area contributed by atoms with Gasteiger partial charge in [-0.05, 0) is 92.1 Å². The topological polar surface area (TPSA) is 143 Å². The van der Waals surface area contributed by atoms with E-state index in [1.165, 1.54) is 60.6 Å². The van der Waals surface area contributed by atoms with Gasteiger partial charge in [-0.25, -0.2) is 4.79 Å². The first kappa shape index (κ1) is 30.8. The number of aromatic amines is 1. The number of aryl methyl sites for hydroxylation is 2. The highest BCUT2D eigenvalue weighted by Gasteiger charge is 2.43. The van der Waals surface area contributed by atoms with Crippen molar-refractivity contribution in [3.8, 4) is 5.88 Å². The third kappa shape index (κ3) is 6.43. The van der Waals surface area contributed by atoms with Gasteiger partial charge in [0.15, 0.2) is 5.96 Å². The van der Waals surface area contributed by atoms with E-state index in [-0.39, 0.29) is 23.2 Å². The number of benzene rings is 1. The van der Waals surface area contributed by atoms with E-state index in [1.807, 2.05) is 4.90 Å². The summed E-state index contributed by atoms with van der Waals surface area (Å²) in [6.45, 7) is 1.77. The molecule has 2 saturated carbocycles. The van der Waals surface area contributed by atoms with E-state index in [9.17, 15) is 14.7 Å². The fourth-order valence-corrected chi connectivity index (χ4v) is 9.20. The number of carbonyl (C=O) groups is 1. The molecule has 1 amide bonds. The second-order valence-electron chi connectivity index (χ2n) is 14.2. The number of hydrogen-bond donors (Lipinski definition) is 4.